The first-order valence-corrected chi connectivity index (χ1v) is 9.84. The van der Waals surface area contributed by atoms with Crippen LogP contribution in [0.25, 0.3) is 11.0 Å². The molecular formula is C17H23N5O3S. The van der Waals surface area contributed by atoms with Crippen molar-refractivity contribution >= 4 is 21.1 Å². The number of rotatable bonds is 6. The van der Waals surface area contributed by atoms with E-state index in [1.807, 2.05) is 10.8 Å². The summed E-state index contributed by atoms with van der Waals surface area (Å²) in [5.74, 6) is 1.09. The highest BCUT2D eigenvalue weighted by atomic mass is 32.2. The van der Waals surface area contributed by atoms with Crippen molar-refractivity contribution in [1.29, 1.82) is 0 Å². The molecule has 0 spiro atoms. The molecule has 140 valence electrons. The van der Waals surface area contributed by atoms with Gasteiger partial charge in [0, 0.05) is 33.0 Å². The van der Waals surface area contributed by atoms with E-state index >= 15 is 0 Å². The minimum absolute atomic E-state index is 0.105. The van der Waals surface area contributed by atoms with Crippen molar-refractivity contribution in [3.05, 3.63) is 46.9 Å². The lowest BCUT2D eigenvalue weighted by atomic mass is 10.2. The first-order valence-electron chi connectivity index (χ1n) is 8.36. The largest absolute Gasteiger partial charge is 0.334 e. The van der Waals surface area contributed by atoms with Crippen LogP contribution in [0.3, 0.4) is 0 Å². The Morgan fingerprint density at radius 2 is 1.85 bits per heavy atom. The summed E-state index contributed by atoms with van der Waals surface area (Å²) in [5.41, 5.74) is 1.06. The standard InChI is InChI=1S/C17H23N5O3S/c1-12(2)11-22-8-7-18-16(22)10-19-26(24,25)13-5-6-14-15(9-13)21(4)17(23)20(14)3/h5-9,12,19H,10-11H2,1-4H3. The highest BCUT2D eigenvalue weighted by Gasteiger charge is 2.18. The minimum atomic E-state index is -3.72. The van der Waals surface area contributed by atoms with Crippen LogP contribution in [0, 0.1) is 5.92 Å². The molecule has 3 aromatic rings. The van der Waals surface area contributed by atoms with E-state index < -0.39 is 10.0 Å². The third kappa shape index (κ3) is 3.32. The van der Waals surface area contributed by atoms with Gasteiger partial charge in [0.05, 0.1) is 22.5 Å². The molecule has 1 aromatic carbocycles. The maximum Gasteiger partial charge on any atom is 0.328 e. The van der Waals surface area contributed by atoms with Crippen LogP contribution in [0.4, 0.5) is 0 Å². The summed E-state index contributed by atoms with van der Waals surface area (Å²) < 4.78 is 32.8. The molecular weight excluding hydrogens is 354 g/mol. The average molecular weight is 377 g/mol. The summed E-state index contributed by atoms with van der Waals surface area (Å²) in [6.07, 6.45) is 3.51. The minimum Gasteiger partial charge on any atom is -0.334 e. The molecule has 0 aliphatic rings. The average Bonchev–Trinajstić information content (AvgIpc) is 3.11. The molecule has 26 heavy (non-hydrogen) atoms. The molecule has 3 rings (SSSR count). The number of sulfonamides is 1. The van der Waals surface area contributed by atoms with Gasteiger partial charge in [-0.15, -0.1) is 0 Å². The molecule has 0 fully saturated rings. The maximum atomic E-state index is 12.7. The van der Waals surface area contributed by atoms with E-state index in [4.69, 9.17) is 0 Å². The van der Waals surface area contributed by atoms with Crippen molar-refractivity contribution in [1.82, 2.24) is 23.4 Å². The summed E-state index contributed by atoms with van der Waals surface area (Å²) in [5, 5.41) is 0. The zero-order chi connectivity index (χ0) is 19.1. The third-order valence-electron chi connectivity index (χ3n) is 4.34. The van der Waals surface area contributed by atoms with Gasteiger partial charge in [0.15, 0.2) is 0 Å². The second-order valence-electron chi connectivity index (χ2n) is 6.77. The normalized spacial score (nSPS) is 12.3. The molecule has 8 nitrogen and oxygen atoms in total. The molecule has 2 heterocycles. The van der Waals surface area contributed by atoms with Crippen molar-refractivity contribution in [3.63, 3.8) is 0 Å². The fourth-order valence-corrected chi connectivity index (χ4v) is 3.96. The third-order valence-corrected chi connectivity index (χ3v) is 5.74. The van der Waals surface area contributed by atoms with E-state index in [1.165, 1.54) is 21.3 Å². The van der Waals surface area contributed by atoms with Crippen molar-refractivity contribution in [2.75, 3.05) is 0 Å². The number of aromatic nitrogens is 4. The van der Waals surface area contributed by atoms with Crippen LogP contribution in [0.5, 0.6) is 0 Å². The van der Waals surface area contributed by atoms with Crippen LogP contribution in [0.15, 0.2) is 40.3 Å². The van der Waals surface area contributed by atoms with Crippen LogP contribution in [0.1, 0.15) is 19.7 Å². The van der Waals surface area contributed by atoms with E-state index in [1.54, 1.807) is 26.4 Å². The molecule has 0 saturated heterocycles. The zero-order valence-electron chi connectivity index (χ0n) is 15.3. The molecule has 9 heteroatoms. The number of fused-ring (bicyclic) bond motifs is 1. The van der Waals surface area contributed by atoms with Gasteiger partial charge < -0.3 is 4.57 Å². The number of benzene rings is 1. The van der Waals surface area contributed by atoms with Gasteiger partial charge in [0.1, 0.15) is 5.82 Å². The van der Waals surface area contributed by atoms with Crippen LogP contribution >= 0.6 is 0 Å². The predicted octanol–water partition coefficient (Wildman–Crippen LogP) is 1.21. The van der Waals surface area contributed by atoms with Crippen LogP contribution in [-0.4, -0.2) is 27.1 Å². The Morgan fingerprint density at radius 3 is 2.54 bits per heavy atom. The smallest absolute Gasteiger partial charge is 0.328 e. The summed E-state index contributed by atoms with van der Waals surface area (Å²) in [6, 6.07) is 4.66. The second kappa shape index (κ2) is 6.73. The van der Waals surface area contributed by atoms with Gasteiger partial charge in [0.25, 0.3) is 0 Å². The van der Waals surface area contributed by atoms with Gasteiger partial charge in [0.2, 0.25) is 10.0 Å². The monoisotopic (exact) mass is 377 g/mol. The predicted molar refractivity (Wildman–Crippen MR) is 99.3 cm³/mol. The van der Waals surface area contributed by atoms with Gasteiger partial charge in [-0.25, -0.2) is 22.9 Å². The van der Waals surface area contributed by atoms with Crippen molar-refractivity contribution in [3.8, 4) is 0 Å². The second-order valence-corrected chi connectivity index (χ2v) is 8.53. The Kier molecular flexibility index (Phi) is 4.76. The van der Waals surface area contributed by atoms with Gasteiger partial charge in [-0.1, -0.05) is 13.8 Å². The molecule has 0 saturated carbocycles. The Morgan fingerprint density at radius 1 is 1.15 bits per heavy atom. The fraction of sp³-hybridized carbons (Fsp3) is 0.412. The Hall–Kier alpha value is -2.39. The molecule has 0 bridgehead atoms. The molecule has 0 atom stereocenters. The van der Waals surface area contributed by atoms with Crippen LogP contribution < -0.4 is 10.4 Å². The van der Waals surface area contributed by atoms with E-state index in [0.717, 1.165) is 6.54 Å². The topological polar surface area (TPSA) is 90.9 Å². The molecule has 2 aromatic heterocycles. The quantitative estimate of drug-likeness (QED) is 0.699. The molecule has 0 radical (unpaired) electrons. The van der Waals surface area contributed by atoms with Gasteiger partial charge >= 0.3 is 5.69 Å². The number of aryl methyl sites for hydroxylation is 2. The van der Waals surface area contributed by atoms with Gasteiger partial charge in [-0.3, -0.25) is 9.13 Å². The van der Waals surface area contributed by atoms with Crippen molar-refractivity contribution in [2.45, 2.75) is 31.8 Å². The Balaban J connectivity index is 1.87. The van der Waals surface area contributed by atoms with Gasteiger partial charge in [-0.05, 0) is 24.1 Å². The highest BCUT2D eigenvalue weighted by molar-refractivity contribution is 7.89. The molecule has 0 aliphatic carbocycles. The number of nitrogens with one attached hydrogen (secondary N) is 1. The van der Waals surface area contributed by atoms with Crippen molar-refractivity contribution in [2.24, 2.45) is 20.0 Å². The molecule has 0 amide bonds. The number of hydrogen-bond acceptors (Lipinski definition) is 4. The first kappa shape index (κ1) is 18.4. The summed E-state index contributed by atoms with van der Waals surface area (Å²) >= 11 is 0. The lowest BCUT2D eigenvalue weighted by Crippen LogP contribution is -2.25. The SMILES string of the molecule is CC(C)Cn1ccnc1CNS(=O)(=O)c1ccc2c(c1)n(C)c(=O)n2C. The summed E-state index contributed by atoms with van der Waals surface area (Å²) in [7, 11) is -0.441. The number of hydrogen-bond donors (Lipinski definition) is 1. The number of imidazole rings is 2. The molecule has 1 N–H and O–H groups in total. The zero-order valence-corrected chi connectivity index (χ0v) is 16.1. The summed E-state index contributed by atoms with van der Waals surface area (Å²) in [6.45, 7) is 5.06. The van der Waals surface area contributed by atoms with E-state index in [2.05, 4.69) is 23.6 Å². The van der Waals surface area contributed by atoms with E-state index in [-0.39, 0.29) is 17.1 Å². The van der Waals surface area contributed by atoms with Gasteiger partial charge in [-0.2, -0.15) is 0 Å². The lowest BCUT2D eigenvalue weighted by molar-refractivity contribution is 0.502. The number of nitrogens with zero attached hydrogens (tertiary/aromatic N) is 4. The molecule has 0 unspecified atom stereocenters. The van der Waals surface area contributed by atoms with Crippen LogP contribution in [-0.2, 0) is 37.2 Å². The maximum absolute atomic E-state index is 12.7. The molecule has 0 aliphatic heterocycles. The lowest BCUT2D eigenvalue weighted by Gasteiger charge is -2.11. The summed E-state index contributed by atoms with van der Waals surface area (Å²) in [4.78, 5) is 16.4. The van der Waals surface area contributed by atoms with Crippen molar-refractivity contribution < 1.29 is 8.42 Å². The first-order chi connectivity index (χ1) is 12.2. The van der Waals surface area contributed by atoms with E-state index in [9.17, 15) is 13.2 Å². The van der Waals surface area contributed by atoms with Crippen LogP contribution in [0.2, 0.25) is 0 Å². The fourth-order valence-electron chi connectivity index (χ4n) is 2.96. The highest BCUT2D eigenvalue weighted by Crippen LogP contribution is 2.18. The Bertz CT molecular complexity index is 1110. The van der Waals surface area contributed by atoms with E-state index in [0.29, 0.717) is 22.8 Å². The Labute approximate surface area is 152 Å².